The van der Waals surface area contributed by atoms with Gasteiger partial charge in [-0.1, -0.05) is 13.8 Å². The van der Waals surface area contributed by atoms with Gasteiger partial charge in [-0.15, -0.1) is 11.3 Å². The summed E-state index contributed by atoms with van der Waals surface area (Å²) in [6.45, 7) is 6.11. The van der Waals surface area contributed by atoms with E-state index >= 15 is 0 Å². The van der Waals surface area contributed by atoms with E-state index in [0.717, 1.165) is 12.8 Å². The van der Waals surface area contributed by atoms with E-state index in [4.69, 9.17) is 10.5 Å². The quantitative estimate of drug-likeness (QED) is 0.672. The molecule has 0 saturated carbocycles. The second-order valence-electron chi connectivity index (χ2n) is 4.51. The van der Waals surface area contributed by atoms with Crippen molar-refractivity contribution in [3.63, 3.8) is 0 Å². The van der Waals surface area contributed by atoms with Crippen LogP contribution < -0.4 is 16.4 Å². The SMILES string of the molecule is CCOC(=O)c1sc(NC(CC)CC)c(C(=O)NC)c1N. The molecule has 0 bridgehead atoms. The molecule has 1 rings (SSSR count). The summed E-state index contributed by atoms with van der Waals surface area (Å²) in [6, 6.07) is 0.224. The maximum Gasteiger partial charge on any atom is 0.350 e. The van der Waals surface area contributed by atoms with Gasteiger partial charge >= 0.3 is 5.97 Å². The lowest BCUT2D eigenvalue weighted by Gasteiger charge is -2.15. The van der Waals surface area contributed by atoms with Crippen molar-refractivity contribution < 1.29 is 14.3 Å². The van der Waals surface area contributed by atoms with Gasteiger partial charge in [-0.25, -0.2) is 4.79 Å². The summed E-state index contributed by atoms with van der Waals surface area (Å²) < 4.78 is 4.98. The molecule has 1 aromatic rings. The Labute approximate surface area is 129 Å². The van der Waals surface area contributed by atoms with Gasteiger partial charge in [-0.2, -0.15) is 0 Å². The van der Waals surface area contributed by atoms with Crippen molar-refractivity contribution in [2.24, 2.45) is 0 Å². The van der Waals surface area contributed by atoms with Crippen molar-refractivity contribution in [2.75, 3.05) is 24.7 Å². The molecule has 0 spiro atoms. The maximum atomic E-state index is 12.0. The van der Waals surface area contributed by atoms with Gasteiger partial charge in [0.15, 0.2) is 0 Å². The molecule has 0 aliphatic rings. The lowest BCUT2D eigenvalue weighted by Crippen LogP contribution is -2.23. The minimum Gasteiger partial charge on any atom is -0.462 e. The van der Waals surface area contributed by atoms with Crippen LogP contribution in [0.2, 0.25) is 0 Å². The molecule has 0 aliphatic carbocycles. The summed E-state index contributed by atoms with van der Waals surface area (Å²) in [4.78, 5) is 24.2. The first kappa shape index (κ1) is 17.3. The van der Waals surface area contributed by atoms with Crippen molar-refractivity contribution in [1.82, 2.24) is 5.32 Å². The van der Waals surface area contributed by atoms with Crippen LogP contribution in [0.25, 0.3) is 0 Å². The molecule has 6 nitrogen and oxygen atoms in total. The average Bonchev–Trinajstić information content (AvgIpc) is 2.80. The lowest BCUT2D eigenvalue weighted by molar-refractivity contribution is 0.0533. The van der Waals surface area contributed by atoms with E-state index in [1.165, 1.54) is 18.4 Å². The molecule has 0 fully saturated rings. The predicted molar refractivity (Wildman–Crippen MR) is 86.1 cm³/mol. The molecule has 0 aliphatic heterocycles. The predicted octanol–water partition coefficient (Wildman–Crippen LogP) is 2.47. The fraction of sp³-hybridized carbons (Fsp3) is 0.571. The number of nitrogens with one attached hydrogen (secondary N) is 2. The normalized spacial score (nSPS) is 10.5. The van der Waals surface area contributed by atoms with Gasteiger partial charge in [-0.3, -0.25) is 4.79 Å². The zero-order valence-corrected chi connectivity index (χ0v) is 13.7. The van der Waals surface area contributed by atoms with Crippen LogP contribution in [0.1, 0.15) is 53.6 Å². The summed E-state index contributed by atoms with van der Waals surface area (Å²) in [6.07, 6.45) is 1.83. The van der Waals surface area contributed by atoms with E-state index in [-0.39, 0.29) is 29.1 Å². The molecule has 118 valence electrons. The minimum atomic E-state index is -0.497. The highest BCUT2D eigenvalue weighted by Gasteiger charge is 2.26. The van der Waals surface area contributed by atoms with Gasteiger partial charge in [0.25, 0.3) is 5.91 Å². The van der Waals surface area contributed by atoms with E-state index in [0.29, 0.717) is 10.6 Å². The number of carbonyl (C=O) groups is 2. The van der Waals surface area contributed by atoms with Crippen LogP contribution in [0.4, 0.5) is 10.7 Å². The Balaban J connectivity index is 3.24. The second kappa shape index (κ2) is 7.87. The standard InChI is InChI=1S/C14H23N3O3S/c1-5-8(6-2)17-13-9(12(18)16-4)10(15)11(21-13)14(19)20-7-3/h8,17H,5-7,15H2,1-4H3,(H,16,18). The molecule has 0 atom stereocenters. The van der Waals surface area contributed by atoms with Crippen molar-refractivity contribution in [2.45, 2.75) is 39.7 Å². The Morgan fingerprint density at radius 1 is 1.29 bits per heavy atom. The Bertz CT molecular complexity index is 510. The Hall–Kier alpha value is -1.76. The van der Waals surface area contributed by atoms with Gasteiger partial charge in [0.1, 0.15) is 9.88 Å². The van der Waals surface area contributed by atoms with E-state index in [1.807, 2.05) is 0 Å². The zero-order valence-electron chi connectivity index (χ0n) is 12.9. The number of hydrogen-bond acceptors (Lipinski definition) is 6. The Morgan fingerprint density at radius 3 is 2.38 bits per heavy atom. The number of carbonyl (C=O) groups excluding carboxylic acids is 2. The lowest BCUT2D eigenvalue weighted by atomic mass is 10.1. The molecule has 1 heterocycles. The van der Waals surface area contributed by atoms with Crippen LogP contribution in [0.5, 0.6) is 0 Å². The van der Waals surface area contributed by atoms with Crippen LogP contribution in [0, 0.1) is 0 Å². The second-order valence-corrected chi connectivity index (χ2v) is 5.53. The summed E-state index contributed by atoms with van der Waals surface area (Å²) in [5.41, 5.74) is 6.47. The van der Waals surface area contributed by atoms with Crippen LogP contribution in [-0.4, -0.2) is 31.6 Å². The fourth-order valence-electron chi connectivity index (χ4n) is 1.92. The van der Waals surface area contributed by atoms with E-state index in [9.17, 15) is 9.59 Å². The summed E-state index contributed by atoms with van der Waals surface area (Å²) in [5.74, 6) is -0.810. The van der Waals surface area contributed by atoms with Crippen LogP contribution in [0.3, 0.4) is 0 Å². The van der Waals surface area contributed by atoms with Crippen molar-refractivity contribution >= 4 is 33.9 Å². The summed E-state index contributed by atoms with van der Waals surface area (Å²) >= 11 is 1.17. The van der Waals surface area contributed by atoms with Crippen molar-refractivity contribution in [1.29, 1.82) is 0 Å². The number of anilines is 2. The number of esters is 1. The molecule has 0 radical (unpaired) electrons. The van der Waals surface area contributed by atoms with Gasteiger partial charge in [-0.05, 0) is 19.8 Å². The summed E-state index contributed by atoms with van der Waals surface area (Å²) in [7, 11) is 1.53. The number of nitrogens with two attached hydrogens (primary N) is 1. The average molecular weight is 313 g/mol. The minimum absolute atomic E-state index is 0.172. The number of rotatable bonds is 7. The highest BCUT2D eigenvalue weighted by molar-refractivity contribution is 7.19. The molecular formula is C14H23N3O3S. The van der Waals surface area contributed by atoms with Crippen LogP contribution >= 0.6 is 11.3 Å². The van der Waals surface area contributed by atoms with Crippen molar-refractivity contribution in [3.8, 4) is 0 Å². The van der Waals surface area contributed by atoms with E-state index in [1.54, 1.807) is 6.92 Å². The van der Waals surface area contributed by atoms with Gasteiger partial charge in [0.05, 0.1) is 17.9 Å². The molecule has 1 amide bonds. The Kier molecular flexibility index (Phi) is 6.48. The third-order valence-electron chi connectivity index (χ3n) is 3.18. The molecule has 21 heavy (non-hydrogen) atoms. The molecule has 7 heteroatoms. The number of ether oxygens (including phenoxy) is 1. The first-order chi connectivity index (χ1) is 9.99. The van der Waals surface area contributed by atoms with Gasteiger partial charge in [0.2, 0.25) is 0 Å². The first-order valence-corrected chi connectivity index (χ1v) is 7.89. The third-order valence-corrected chi connectivity index (χ3v) is 4.30. The molecular weight excluding hydrogens is 290 g/mol. The van der Waals surface area contributed by atoms with Crippen molar-refractivity contribution in [3.05, 3.63) is 10.4 Å². The zero-order chi connectivity index (χ0) is 16.0. The third kappa shape index (κ3) is 3.87. The van der Waals surface area contributed by atoms with Crippen LogP contribution in [-0.2, 0) is 4.74 Å². The molecule has 4 N–H and O–H groups in total. The van der Waals surface area contributed by atoms with Gasteiger partial charge in [0, 0.05) is 13.1 Å². The van der Waals surface area contributed by atoms with Crippen LogP contribution in [0.15, 0.2) is 0 Å². The van der Waals surface area contributed by atoms with E-state index in [2.05, 4.69) is 24.5 Å². The maximum absolute atomic E-state index is 12.0. The fourth-order valence-corrected chi connectivity index (χ4v) is 3.01. The number of thiophene rings is 1. The summed E-state index contributed by atoms with van der Waals surface area (Å²) in [5, 5.41) is 6.46. The highest BCUT2D eigenvalue weighted by Crippen LogP contribution is 2.37. The molecule has 0 unspecified atom stereocenters. The first-order valence-electron chi connectivity index (χ1n) is 7.07. The van der Waals surface area contributed by atoms with E-state index < -0.39 is 5.97 Å². The molecule has 0 saturated heterocycles. The topological polar surface area (TPSA) is 93.4 Å². The Morgan fingerprint density at radius 2 is 1.90 bits per heavy atom. The highest BCUT2D eigenvalue weighted by atomic mass is 32.1. The number of nitrogen functional groups attached to an aromatic ring is 1. The largest absolute Gasteiger partial charge is 0.462 e. The molecule has 1 aromatic heterocycles. The monoisotopic (exact) mass is 313 g/mol. The number of hydrogen-bond donors (Lipinski definition) is 3. The number of amides is 1. The smallest absolute Gasteiger partial charge is 0.350 e. The molecule has 0 aromatic carbocycles. The van der Waals surface area contributed by atoms with Gasteiger partial charge < -0.3 is 21.1 Å².